The molecule has 0 aliphatic carbocycles. The normalized spacial score (nSPS) is 22.0. The van der Waals surface area contributed by atoms with Crippen molar-refractivity contribution in [3.05, 3.63) is 95.3 Å². The molecule has 10 bridgehead atoms. The van der Waals surface area contributed by atoms with Gasteiger partial charge >= 0.3 is 7.82 Å². The smallest absolute Gasteiger partial charge is 0.469 e. The fourth-order valence-corrected chi connectivity index (χ4v) is 9.62. The molecule has 3 aromatic heterocycles. The SMILES string of the molecule is CC(C)C(OP(=O)(O)O)C(=O)NC1Cc2ccc3c(c2)C24c5cccc(c5NC2O3)-c2cccc3c2c(cn3C)-c2cnc(o2)-c2nc(oc24)C(C(C)C)NC1=O. The molecule has 6 aromatic rings. The minimum Gasteiger partial charge on any atom is -0.469 e. The number of rotatable bonds is 6. The van der Waals surface area contributed by atoms with Crippen LogP contribution in [0.25, 0.3) is 44.9 Å². The number of nitrogens with one attached hydrogen (secondary N) is 3. The molecule has 3 aromatic carbocycles. The van der Waals surface area contributed by atoms with Gasteiger partial charge in [0, 0.05) is 58.5 Å². The van der Waals surface area contributed by atoms with Crippen molar-refractivity contribution in [3.63, 3.8) is 0 Å². The zero-order chi connectivity index (χ0) is 39.7. The van der Waals surface area contributed by atoms with Gasteiger partial charge in [0.15, 0.2) is 23.4 Å². The number of benzene rings is 3. The molecule has 0 radical (unpaired) electrons. The zero-order valence-electron chi connectivity index (χ0n) is 31.6. The first-order valence-electron chi connectivity index (χ1n) is 18.8. The van der Waals surface area contributed by atoms with E-state index in [0.717, 1.165) is 44.4 Å². The number of aryl methyl sites for hydroxylation is 1. The number of hydrogen-bond donors (Lipinski definition) is 5. The van der Waals surface area contributed by atoms with E-state index in [1.54, 1.807) is 20.0 Å². The Morgan fingerprint density at radius 1 is 1.04 bits per heavy atom. The standard InChI is InChI=1S/C41H39N6O9P/c1-18(2)31-39-45-33-35(55-39)41-24-10-6-9-22(21-8-7-11-27-30(21)23(17-47(27)5)29-16-42-38(33)53-29)32(24)46-40(41)54-28-13-12-20(14-25(28)41)15-26(36(48)44-31)43-37(49)34(19(3)4)56-57(50,51)52/h6-14,16-19,26,31,34,40,46H,15H2,1-5H3,(H,43,49)(H,44,48)(H2,50,51,52). The Morgan fingerprint density at radius 2 is 1.82 bits per heavy atom. The molecule has 0 saturated carbocycles. The lowest BCUT2D eigenvalue weighted by Gasteiger charge is -2.29. The highest BCUT2D eigenvalue weighted by molar-refractivity contribution is 7.46. The van der Waals surface area contributed by atoms with Crippen molar-refractivity contribution in [1.82, 2.24) is 25.2 Å². The van der Waals surface area contributed by atoms with E-state index < -0.39 is 55.4 Å². The van der Waals surface area contributed by atoms with Crippen LogP contribution >= 0.6 is 7.82 Å². The highest BCUT2D eigenvalue weighted by Gasteiger charge is 2.61. The van der Waals surface area contributed by atoms with Crippen molar-refractivity contribution in [2.24, 2.45) is 18.9 Å². The molecule has 0 saturated heterocycles. The van der Waals surface area contributed by atoms with Gasteiger partial charge in [-0.15, -0.1) is 0 Å². The lowest BCUT2D eigenvalue weighted by Crippen LogP contribution is -2.53. The molecule has 4 aliphatic heterocycles. The second kappa shape index (κ2) is 12.4. The van der Waals surface area contributed by atoms with Gasteiger partial charge in [-0.2, -0.15) is 0 Å². The summed E-state index contributed by atoms with van der Waals surface area (Å²) in [7, 11) is -3.05. The first-order chi connectivity index (χ1) is 27.2. The second-order valence-electron chi connectivity index (χ2n) is 15.9. The van der Waals surface area contributed by atoms with E-state index in [-0.39, 0.29) is 24.1 Å². The Hall–Kier alpha value is -5.73. The van der Waals surface area contributed by atoms with Gasteiger partial charge in [-0.1, -0.05) is 70.2 Å². The molecule has 5 atom stereocenters. The average Bonchev–Trinajstić information content (AvgIpc) is 3.98. The van der Waals surface area contributed by atoms with E-state index in [1.165, 1.54) is 0 Å². The van der Waals surface area contributed by atoms with Crippen LogP contribution in [0.5, 0.6) is 5.75 Å². The number of aromatic nitrogens is 3. The summed E-state index contributed by atoms with van der Waals surface area (Å²) >= 11 is 0. The molecule has 0 fully saturated rings. The Morgan fingerprint density at radius 3 is 2.60 bits per heavy atom. The van der Waals surface area contributed by atoms with Gasteiger partial charge in [0.2, 0.25) is 17.7 Å². The van der Waals surface area contributed by atoms with Crippen LogP contribution in [-0.2, 0) is 37.6 Å². The molecule has 2 amide bonds. The van der Waals surface area contributed by atoms with Crippen molar-refractivity contribution in [3.8, 4) is 39.8 Å². The Balaban J connectivity index is 1.23. The first-order valence-corrected chi connectivity index (χ1v) is 20.4. The number of fused-ring (bicyclic) bond motifs is 7. The summed E-state index contributed by atoms with van der Waals surface area (Å²) in [5.41, 5.74) is 6.21. The largest absolute Gasteiger partial charge is 0.470 e. The Kier molecular flexibility index (Phi) is 7.75. The van der Waals surface area contributed by atoms with Crippen LogP contribution in [0.3, 0.4) is 0 Å². The highest BCUT2D eigenvalue weighted by atomic mass is 31.2. The molecule has 7 heterocycles. The van der Waals surface area contributed by atoms with Crippen LogP contribution in [0.4, 0.5) is 5.69 Å². The molecule has 15 nitrogen and oxygen atoms in total. The molecule has 1 spiro atoms. The van der Waals surface area contributed by atoms with E-state index >= 15 is 0 Å². The molecular formula is C41H39N6O9P. The molecule has 57 heavy (non-hydrogen) atoms. The van der Waals surface area contributed by atoms with Crippen LogP contribution in [0.15, 0.2) is 75.8 Å². The monoisotopic (exact) mass is 790 g/mol. The van der Waals surface area contributed by atoms with Gasteiger partial charge in [0.1, 0.15) is 29.4 Å². The first kappa shape index (κ1) is 35.7. The third kappa shape index (κ3) is 5.26. The van der Waals surface area contributed by atoms with Gasteiger partial charge in [-0.25, -0.2) is 14.5 Å². The van der Waals surface area contributed by atoms with E-state index in [4.69, 9.17) is 28.1 Å². The maximum Gasteiger partial charge on any atom is 0.470 e. The van der Waals surface area contributed by atoms with Gasteiger partial charge in [-0.05, 0) is 35.1 Å². The van der Waals surface area contributed by atoms with Gasteiger partial charge in [0.05, 0.1) is 6.20 Å². The van der Waals surface area contributed by atoms with Crippen molar-refractivity contribution < 1.29 is 42.0 Å². The lowest BCUT2D eigenvalue weighted by molar-refractivity contribution is -0.135. The molecule has 4 aliphatic rings. The summed E-state index contributed by atoms with van der Waals surface area (Å²) in [6.45, 7) is 7.03. The number of carbonyl (C=O) groups excluding carboxylic acids is 2. The van der Waals surface area contributed by atoms with Crippen molar-refractivity contribution in [2.75, 3.05) is 5.32 Å². The topological polar surface area (TPSA) is 203 Å². The van der Waals surface area contributed by atoms with E-state index in [9.17, 15) is 23.9 Å². The Labute approximate surface area is 326 Å². The van der Waals surface area contributed by atoms with Crippen LogP contribution in [0.2, 0.25) is 0 Å². The van der Waals surface area contributed by atoms with E-state index in [2.05, 4.69) is 44.8 Å². The summed E-state index contributed by atoms with van der Waals surface area (Å²) < 4.78 is 39.3. The summed E-state index contributed by atoms with van der Waals surface area (Å²) in [4.78, 5) is 57.1. The number of hydrogen-bond acceptors (Lipinski definition) is 10. The summed E-state index contributed by atoms with van der Waals surface area (Å²) in [6.07, 6.45) is 1.52. The number of oxazole rings is 2. The van der Waals surface area contributed by atoms with Crippen molar-refractivity contribution in [2.45, 2.75) is 63.9 Å². The van der Waals surface area contributed by atoms with Gasteiger partial charge in [0.25, 0.3) is 5.91 Å². The average molecular weight is 791 g/mol. The van der Waals surface area contributed by atoms with Gasteiger partial charge < -0.3 is 43.9 Å². The fraction of sp³-hybridized carbons (Fsp3) is 0.317. The van der Waals surface area contributed by atoms with Crippen molar-refractivity contribution in [1.29, 1.82) is 0 Å². The van der Waals surface area contributed by atoms with Crippen LogP contribution in [0, 0.1) is 11.8 Å². The number of anilines is 1. The predicted octanol–water partition coefficient (Wildman–Crippen LogP) is 5.94. The maximum atomic E-state index is 14.3. The highest BCUT2D eigenvalue weighted by Crippen LogP contribution is 2.61. The number of phosphoric ester groups is 1. The molecule has 16 heteroatoms. The molecular weight excluding hydrogens is 751 g/mol. The zero-order valence-corrected chi connectivity index (χ0v) is 32.5. The van der Waals surface area contributed by atoms with E-state index in [0.29, 0.717) is 28.5 Å². The summed E-state index contributed by atoms with van der Waals surface area (Å²) in [6, 6.07) is 16.0. The third-order valence-electron chi connectivity index (χ3n) is 11.6. The Bertz CT molecular complexity index is 2730. The minimum atomic E-state index is -5.05. The van der Waals surface area contributed by atoms with Crippen molar-refractivity contribution >= 4 is 36.2 Å². The number of ether oxygens (including phenoxy) is 1. The number of carbonyl (C=O) groups is 2. The van der Waals surface area contributed by atoms with Gasteiger partial charge in [-0.3, -0.25) is 14.1 Å². The van der Waals surface area contributed by atoms with Crippen LogP contribution in [0.1, 0.15) is 62.1 Å². The molecule has 292 valence electrons. The third-order valence-corrected chi connectivity index (χ3v) is 12.1. The summed E-state index contributed by atoms with van der Waals surface area (Å²) in [5.74, 6) is -0.292. The summed E-state index contributed by atoms with van der Waals surface area (Å²) in [5, 5.41) is 10.6. The van der Waals surface area contributed by atoms with E-state index in [1.807, 2.05) is 57.4 Å². The maximum absolute atomic E-state index is 14.3. The quantitative estimate of drug-likeness (QED) is 0.125. The molecule has 5 N–H and O–H groups in total. The lowest BCUT2D eigenvalue weighted by atomic mass is 9.72. The minimum absolute atomic E-state index is 0.0264. The number of amides is 2. The van der Waals surface area contributed by atoms with Crippen LogP contribution in [-0.4, -0.2) is 54.5 Å². The number of para-hydroxylation sites is 1. The second-order valence-corrected chi connectivity index (χ2v) is 17.1. The number of phosphoric acid groups is 1. The molecule has 10 rings (SSSR count). The molecule has 5 unspecified atom stereocenters. The fourth-order valence-electron chi connectivity index (χ4n) is 8.98. The van der Waals surface area contributed by atoms with Crippen LogP contribution < -0.4 is 20.7 Å². The number of nitrogens with zero attached hydrogens (tertiary/aromatic N) is 3. The predicted molar refractivity (Wildman–Crippen MR) is 207 cm³/mol.